The van der Waals surface area contributed by atoms with Crippen LogP contribution in [0.25, 0.3) is 0 Å². The highest BCUT2D eigenvalue weighted by molar-refractivity contribution is 7.90. The number of benzene rings is 1. The largest absolute Gasteiger partial charge is 0.382 e. The van der Waals surface area contributed by atoms with Crippen LogP contribution in [0.4, 0.5) is 5.69 Å². The molecule has 6 heteroatoms. The van der Waals surface area contributed by atoms with Crippen LogP contribution in [-0.4, -0.2) is 58.0 Å². The number of rotatable bonds is 5. The van der Waals surface area contributed by atoms with Crippen molar-refractivity contribution in [3.05, 3.63) is 24.3 Å². The molecule has 1 fully saturated rings. The Kier molecular flexibility index (Phi) is 5.24. The second-order valence-corrected chi connectivity index (χ2v) is 7.77. The van der Waals surface area contributed by atoms with Crippen LogP contribution in [0, 0.1) is 0 Å². The highest BCUT2D eigenvalue weighted by Gasteiger charge is 2.21. The summed E-state index contributed by atoms with van der Waals surface area (Å²) in [7, 11) is -3.13. The zero-order valence-electron chi connectivity index (χ0n) is 12.9. The molecule has 1 aliphatic heterocycles. The predicted molar refractivity (Wildman–Crippen MR) is 84.5 cm³/mol. The van der Waals surface area contributed by atoms with E-state index in [-0.39, 0.29) is 6.10 Å². The molecular formula is C15H24N2O3S. The summed E-state index contributed by atoms with van der Waals surface area (Å²) in [6.45, 7) is 7.78. The van der Waals surface area contributed by atoms with Crippen LogP contribution in [-0.2, 0) is 14.6 Å². The van der Waals surface area contributed by atoms with Crippen LogP contribution in [0.5, 0.6) is 0 Å². The van der Waals surface area contributed by atoms with Crippen molar-refractivity contribution < 1.29 is 13.2 Å². The van der Waals surface area contributed by atoms with E-state index in [1.165, 1.54) is 6.26 Å². The quantitative estimate of drug-likeness (QED) is 0.895. The van der Waals surface area contributed by atoms with Gasteiger partial charge in [0, 0.05) is 37.6 Å². The third-order valence-electron chi connectivity index (χ3n) is 3.72. The zero-order chi connectivity index (χ0) is 15.5. The summed E-state index contributed by atoms with van der Waals surface area (Å²) in [6, 6.07) is 7.36. The molecule has 1 saturated heterocycles. The second kappa shape index (κ2) is 6.77. The van der Waals surface area contributed by atoms with Gasteiger partial charge < -0.3 is 10.1 Å². The SMILES string of the molecule is CC(C)N1CCOC(CNc2ccc(S(C)(=O)=O)cc2)C1. The molecule has 2 rings (SSSR count). The first-order valence-electron chi connectivity index (χ1n) is 7.26. The van der Waals surface area contributed by atoms with E-state index >= 15 is 0 Å². The van der Waals surface area contributed by atoms with E-state index in [1.54, 1.807) is 24.3 Å². The van der Waals surface area contributed by atoms with Gasteiger partial charge in [0.25, 0.3) is 0 Å². The average molecular weight is 312 g/mol. The first-order chi connectivity index (χ1) is 9.86. The van der Waals surface area contributed by atoms with E-state index in [4.69, 9.17) is 4.74 Å². The molecule has 21 heavy (non-hydrogen) atoms. The first-order valence-corrected chi connectivity index (χ1v) is 9.15. The Morgan fingerprint density at radius 1 is 1.33 bits per heavy atom. The third-order valence-corrected chi connectivity index (χ3v) is 4.85. The Labute approximate surface area is 127 Å². The minimum Gasteiger partial charge on any atom is -0.382 e. The molecule has 1 N–H and O–H groups in total. The van der Waals surface area contributed by atoms with Crippen LogP contribution >= 0.6 is 0 Å². The first kappa shape index (κ1) is 16.3. The van der Waals surface area contributed by atoms with Crippen LogP contribution in [0.3, 0.4) is 0 Å². The minimum atomic E-state index is -3.13. The lowest BCUT2D eigenvalue weighted by atomic mass is 10.2. The third kappa shape index (κ3) is 4.69. The molecule has 0 radical (unpaired) electrons. The van der Waals surface area contributed by atoms with Gasteiger partial charge in [0.15, 0.2) is 9.84 Å². The van der Waals surface area contributed by atoms with Crippen molar-refractivity contribution in [2.75, 3.05) is 37.8 Å². The zero-order valence-corrected chi connectivity index (χ0v) is 13.7. The van der Waals surface area contributed by atoms with Crippen LogP contribution in [0.1, 0.15) is 13.8 Å². The summed E-state index contributed by atoms with van der Waals surface area (Å²) in [5, 5.41) is 3.31. The number of nitrogens with one attached hydrogen (secondary N) is 1. The number of hydrogen-bond donors (Lipinski definition) is 1. The molecule has 1 aliphatic rings. The smallest absolute Gasteiger partial charge is 0.175 e. The summed E-state index contributed by atoms with van der Waals surface area (Å²) >= 11 is 0. The summed E-state index contributed by atoms with van der Waals surface area (Å²) in [5.41, 5.74) is 0.910. The highest BCUT2D eigenvalue weighted by atomic mass is 32.2. The van der Waals surface area contributed by atoms with E-state index in [0.29, 0.717) is 10.9 Å². The molecule has 0 aromatic heterocycles. The van der Waals surface area contributed by atoms with Crippen molar-refractivity contribution >= 4 is 15.5 Å². The Hall–Kier alpha value is -1.11. The number of morpholine rings is 1. The van der Waals surface area contributed by atoms with Gasteiger partial charge in [0.05, 0.1) is 17.6 Å². The Balaban J connectivity index is 1.88. The number of hydrogen-bond acceptors (Lipinski definition) is 5. The van der Waals surface area contributed by atoms with Crippen LogP contribution in [0.2, 0.25) is 0 Å². The number of anilines is 1. The number of sulfone groups is 1. The fourth-order valence-electron chi connectivity index (χ4n) is 2.39. The maximum Gasteiger partial charge on any atom is 0.175 e. The molecular weight excluding hydrogens is 288 g/mol. The topological polar surface area (TPSA) is 58.6 Å². The van der Waals surface area contributed by atoms with Crippen LogP contribution < -0.4 is 5.32 Å². The van der Waals surface area contributed by atoms with Crippen molar-refractivity contribution in [3.8, 4) is 0 Å². The van der Waals surface area contributed by atoms with E-state index < -0.39 is 9.84 Å². The van der Waals surface area contributed by atoms with Gasteiger partial charge in [-0.2, -0.15) is 0 Å². The van der Waals surface area contributed by atoms with Crippen molar-refractivity contribution in [1.82, 2.24) is 4.90 Å². The van der Waals surface area contributed by atoms with E-state index in [2.05, 4.69) is 24.1 Å². The van der Waals surface area contributed by atoms with E-state index in [0.717, 1.165) is 31.9 Å². The van der Waals surface area contributed by atoms with Crippen molar-refractivity contribution in [3.63, 3.8) is 0 Å². The lowest BCUT2D eigenvalue weighted by Gasteiger charge is -2.35. The molecule has 1 atom stereocenters. The lowest BCUT2D eigenvalue weighted by Crippen LogP contribution is -2.48. The van der Waals surface area contributed by atoms with Gasteiger partial charge in [-0.05, 0) is 38.1 Å². The standard InChI is InChI=1S/C15H24N2O3S/c1-12(2)17-8-9-20-14(11-17)10-16-13-4-6-15(7-5-13)21(3,18)19/h4-7,12,14,16H,8-11H2,1-3H3. The summed E-state index contributed by atoms with van der Waals surface area (Å²) in [6.07, 6.45) is 1.38. The minimum absolute atomic E-state index is 0.163. The number of nitrogens with zero attached hydrogens (tertiary/aromatic N) is 1. The van der Waals surface area contributed by atoms with Crippen molar-refractivity contribution in [2.24, 2.45) is 0 Å². The lowest BCUT2D eigenvalue weighted by molar-refractivity contribution is -0.0315. The molecule has 5 nitrogen and oxygen atoms in total. The molecule has 1 heterocycles. The Bertz CT molecular complexity index is 555. The Morgan fingerprint density at radius 2 is 2.00 bits per heavy atom. The molecule has 118 valence electrons. The van der Waals surface area contributed by atoms with Crippen molar-refractivity contribution in [2.45, 2.75) is 30.9 Å². The van der Waals surface area contributed by atoms with Gasteiger partial charge in [0.1, 0.15) is 0 Å². The van der Waals surface area contributed by atoms with Gasteiger partial charge in [-0.1, -0.05) is 0 Å². The number of ether oxygens (including phenoxy) is 1. The molecule has 0 bridgehead atoms. The second-order valence-electron chi connectivity index (χ2n) is 5.76. The van der Waals surface area contributed by atoms with Gasteiger partial charge in [0.2, 0.25) is 0 Å². The molecule has 1 aromatic carbocycles. The molecule has 1 aromatic rings. The highest BCUT2D eigenvalue weighted by Crippen LogP contribution is 2.15. The maximum absolute atomic E-state index is 11.4. The predicted octanol–water partition coefficient (Wildman–Crippen LogP) is 1.61. The van der Waals surface area contributed by atoms with Gasteiger partial charge in [-0.15, -0.1) is 0 Å². The molecule has 0 saturated carbocycles. The van der Waals surface area contributed by atoms with E-state index in [9.17, 15) is 8.42 Å². The fraction of sp³-hybridized carbons (Fsp3) is 0.600. The van der Waals surface area contributed by atoms with E-state index in [1.807, 2.05) is 0 Å². The van der Waals surface area contributed by atoms with Gasteiger partial charge in [-0.3, -0.25) is 4.90 Å². The van der Waals surface area contributed by atoms with Gasteiger partial charge >= 0.3 is 0 Å². The fourth-order valence-corrected chi connectivity index (χ4v) is 3.02. The van der Waals surface area contributed by atoms with Gasteiger partial charge in [-0.25, -0.2) is 8.42 Å². The Morgan fingerprint density at radius 3 is 2.57 bits per heavy atom. The molecule has 0 aliphatic carbocycles. The monoisotopic (exact) mass is 312 g/mol. The molecule has 0 spiro atoms. The van der Waals surface area contributed by atoms with Crippen molar-refractivity contribution in [1.29, 1.82) is 0 Å². The summed E-state index contributed by atoms with van der Waals surface area (Å²) in [5.74, 6) is 0. The summed E-state index contributed by atoms with van der Waals surface area (Å²) in [4.78, 5) is 2.75. The van der Waals surface area contributed by atoms with Crippen LogP contribution in [0.15, 0.2) is 29.2 Å². The maximum atomic E-state index is 11.4. The summed E-state index contributed by atoms with van der Waals surface area (Å²) < 4.78 is 28.6. The molecule has 1 unspecified atom stereocenters. The molecule has 0 amide bonds. The average Bonchev–Trinajstić information content (AvgIpc) is 2.45. The normalized spacial score (nSPS) is 20.7.